The normalized spacial score (nSPS) is 13.5. The van der Waals surface area contributed by atoms with Crippen molar-refractivity contribution in [3.05, 3.63) is 35.9 Å². The third-order valence-electron chi connectivity index (χ3n) is 3.46. The van der Waals surface area contributed by atoms with Crippen LogP contribution in [0.3, 0.4) is 0 Å². The second-order valence-electron chi connectivity index (χ2n) is 6.20. The van der Waals surface area contributed by atoms with Gasteiger partial charge in [-0.3, -0.25) is 0 Å². The molecule has 0 radical (unpaired) electrons. The molecule has 0 bridgehead atoms. The maximum Gasteiger partial charge on any atom is 0.191 e. The lowest BCUT2D eigenvalue weighted by Gasteiger charge is -2.27. The van der Waals surface area contributed by atoms with Gasteiger partial charge in [0.15, 0.2) is 8.32 Å². The van der Waals surface area contributed by atoms with Crippen LogP contribution in [-0.4, -0.2) is 14.4 Å². The lowest BCUT2D eigenvalue weighted by molar-refractivity contribution is 0.195. The fourth-order valence-corrected chi connectivity index (χ4v) is 5.10. The van der Waals surface area contributed by atoms with Crippen molar-refractivity contribution in [3.63, 3.8) is 0 Å². The monoisotopic (exact) mass is 278 g/mol. The molecule has 0 fully saturated rings. The quantitative estimate of drug-likeness (QED) is 0.437. The van der Waals surface area contributed by atoms with Gasteiger partial charge in [0.05, 0.1) is 0 Å². The van der Waals surface area contributed by atoms with Crippen LogP contribution in [0.4, 0.5) is 0 Å². The summed E-state index contributed by atoms with van der Waals surface area (Å²) in [6.45, 7) is 9.17. The molecule has 1 atom stereocenters. The van der Waals surface area contributed by atoms with Crippen molar-refractivity contribution >= 4 is 8.32 Å². The summed E-state index contributed by atoms with van der Waals surface area (Å²) in [5.41, 5.74) is 1.41. The minimum Gasteiger partial charge on any atom is -0.414 e. The molecule has 0 spiro atoms. The van der Waals surface area contributed by atoms with Crippen LogP contribution in [-0.2, 0) is 10.5 Å². The molecule has 0 aromatic heterocycles. The minimum atomic E-state index is -1.58. The van der Waals surface area contributed by atoms with Gasteiger partial charge in [0.2, 0.25) is 0 Å². The van der Waals surface area contributed by atoms with E-state index in [4.69, 9.17) is 4.43 Å². The minimum absolute atomic E-state index is 0.419. The topological polar surface area (TPSA) is 9.23 Å². The van der Waals surface area contributed by atoms with Gasteiger partial charge in [0, 0.05) is 6.10 Å². The van der Waals surface area contributed by atoms with Gasteiger partial charge >= 0.3 is 0 Å². The van der Waals surface area contributed by atoms with Gasteiger partial charge in [0.25, 0.3) is 0 Å². The highest BCUT2D eigenvalue weighted by atomic mass is 28.4. The number of benzene rings is 1. The lowest BCUT2D eigenvalue weighted by atomic mass is 10.1. The van der Waals surface area contributed by atoms with E-state index in [1.165, 1.54) is 37.7 Å². The van der Waals surface area contributed by atoms with Gasteiger partial charge in [-0.15, -0.1) is 0 Å². The van der Waals surface area contributed by atoms with Crippen molar-refractivity contribution in [2.45, 2.75) is 71.2 Å². The summed E-state index contributed by atoms with van der Waals surface area (Å²) in [5.74, 6) is 0. The Kier molecular flexibility index (Phi) is 7.40. The first-order valence-corrected chi connectivity index (χ1v) is 10.9. The van der Waals surface area contributed by atoms with E-state index in [2.05, 4.69) is 57.3 Å². The summed E-state index contributed by atoms with van der Waals surface area (Å²) in [7, 11) is -1.58. The maximum atomic E-state index is 6.36. The molecule has 0 heterocycles. The maximum absolute atomic E-state index is 6.36. The third-order valence-corrected chi connectivity index (χ3v) is 5.76. The molecule has 0 N–H and O–H groups in total. The summed E-state index contributed by atoms with van der Waals surface area (Å²) in [4.78, 5) is 0. The predicted octanol–water partition coefficient (Wildman–Crippen LogP) is 5.35. The third kappa shape index (κ3) is 7.53. The van der Waals surface area contributed by atoms with E-state index in [1.807, 2.05) is 0 Å². The first kappa shape index (κ1) is 16.5. The van der Waals surface area contributed by atoms with Gasteiger partial charge in [-0.2, -0.15) is 0 Å². The Morgan fingerprint density at radius 3 is 2.37 bits per heavy atom. The second kappa shape index (κ2) is 8.54. The summed E-state index contributed by atoms with van der Waals surface area (Å²) < 4.78 is 6.36. The Morgan fingerprint density at radius 1 is 1.05 bits per heavy atom. The van der Waals surface area contributed by atoms with Crippen LogP contribution < -0.4 is 0 Å². The van der Waals surface area contributed by atoms with Crippen LogP contribution in [0.2, 0.25) is 13.1 Å². The van der Waals surface area contributed by atoms with E-state index in [9.17, 15) is 0 Å². The number of hydrogen-bond donors (Lipinski definition) is 0. The van der Waals surface area contributed by atoms with Gasteiger partial charge in [-0.05, 0) is 38.0 Å². The molecule has 1 aromatic rings. The van der Waals surface area contributed by atoms with Gasteiger partial charge in [0.1, 0.15) is 0 Å². The van der Waals surface area contributed by atoms with Crippen molar-refractivity contribution < 1.29 is 4.43 Å². The van der Waals surface area contributed by atoms with E-state index < -0.39 is 8.32 Å². The van der Waals surface area contributed by atoms with E-state index >= 15 is 0 Å². The fraction of sp³-hybridized carbons (Fsp3) is 0.647. The van der Waals surface area contributed by atoms with Crippen LogP contribution in [0.25, 0.3) is 0 Å². The smallest absolute Gasteiger partial charge is 0.191 e. The Balaban J connectivity index is 2.32. The van der Waals surface area contributed by atoms with Crippen molar-refractivity contribution in [2.24, 2.45) is 0 Å². The average Bonchev–Trinajstić information content (AvgIpc) is 2.34. The number of unbranched alkanes of at least 4 members (excludes halogenated alkanes) is 3. The molecule has 0 saturated carbocycles. The van der Waals surface area contributed by atoms with Crippen LogP contribution >= 0.6 is 0 Å². The molecule has 0 saturated heterocycles. The Labute approximate surface area is 120 Å². The van der Waals surface area contributed by atoms with Gasteiger partial charge < -0.3 is 4.43 Å². The van der Waals surface area contributed by atoms with Crippen molar-refractivity contribution in [1.29, 1.82) is 0 Å². The summed E-state index contributed by atoms with van der Waals surface area (Å²) in [5, 5.41) is 0. The Morgan fingerprint density at radius 2 is 1.74 bits per heavy atom. The van der Waals surface area contributed by atoms with Crippen molar-refractivity contribution in [2.75, 3.05) is 0 Å². The zero-order valence-electron chi connectivity index (χ0n) is 13.1. The van der Waals surface area contributed by atoms with E-state index in [0.717, 1.165) is 6.04 Å². The molecule has 108 valence electrons. The summed E-state index contributed by atoms with van der Waals surface area (Å²) in [6.07, 6.45) is 6.96. The van der Waals surface area contributed by atoms with Gasteiger partial charge in [-0.25, -0.2) is 0 Å². The molecule has 1 unspecified atom stereocenters. The highest BCUT2D eigenvalue weighted by Gasteiger charge is 2.25. The van der Waals surface area contributed by atoms with E-state index in [0.29, 0.717) is 6.10 Å². The van der Waals surface area contributed by atoms with E-state index in [-0.39, 0.29) is 0 Å². The first-order valence-electron chi connectivity index (χ1n) is 7.75. The van der Waals surface area contributed by atoms with E-state index in [1.54, 1.807) is 0 Å². The number of hydrogen-bond acceptors (Lipinski definition) is 1. The molecular formula is C17H30OSi. The highest BCUT2D eigenvalue weighted by Crippen LogP contribution is 2.18. The molecular weight excluding hydrogens is 248 g/mol. The molecule has 1 rings (SSSR count). The molecule has 1 nitrogen and oxygen atoms in total. The van der Waals surface area contributed by atoms with Crippen LogP contribution in [0, 0.1) is 0 Å². The highest BCUT2D eigenvalue weighted by molar-refractivity contribution is 6.70. The first-order chi connectivity index (χ1) is 9.03. The zero-order valence-corrected chi connectivity index (χ0v) is 14.1. The predicted molar refractivity (Wildman–Crippen MR) is 86.9 cm³/mol. The average molecular weight is 279 g/mol. The molecule has 0 aliphatic carbocycles. The fourth-order valence-electron chi connectivity index (χ4n) is 2.59. The molecule has 19 heavy (non-hydrogen) atoms. The molecule has 2 heteroatoms. The summed E-state index contributed by atoms with van der Waals surface area (Å²) in [6, 6.07) is 11.9. The molecule has 0 aliphatic heterocycles. The van der Waals surface area contributed by atoms with Crippen LogP contribution in [0.15, 0.2) is 30.3 Å². The lowest BCUT2D eigenvalue weighted by Crippen LogP contribution is -2.37. The zero-order chi connectivity index (χ0) is 14.1. The van der Waals surface area contributed by atoms with Gasteiger partial charge in [-0.1, -0.05) is 62.9 Å². The molecule has 0 amide bonds. The largest absolute Gasteiger partial charge is 0.414 e. The van der Waals surface area contributed by atoms with Crippen molar-refractivity contribution in [3.8, 4) is 0 Å². The molecule has 0 aliphatic rings. The molecule has 1 aromatic carbocycles. The standard InChI is InChI=1S/C17H30OSi/c1-5-6-7-9-12-16(2)18-19(3,4)15-17-13-10-8-11-14-17/h8,10-11,13-14,16H,5-7,9,12,15H2,1-4H3. The van der Waals surface area contributed by atoms with Crippen molar-refractivity contribution in [1.82, 2.24) is 0 Å². The Bertz CT molecular complexity index is 334. The van der Waals surface area contributed by atoms with Crippen LogP contribution in [0.5, 0.6) is 0 Å². The SMILES string of the molecule is CCCCCCC(C)O[Si](C)(C)Cc1ccccc1. The summed E-state index contributed by atoms with van der Waals surface area (Å²) >= 11 is 0. The Hall–Kier alpha value is -0.603. The van der Waals surface area contributed by atoms with Crippen LogP contribution in [0.1, 0.15) is 51.5 Å². The number of rotatable bonds is 9. The second-order valence-corrected chi connectivity index (χ2v) is 10.3.